The van der Waals surface area contributed by atoms with Crippen LogP contribution in [0.5, 0.6) is 11.5 Å². The molecule has 84 valence electrons. The lowest BCUT2D eigenvalue weighted by Crippen LogP contribution is -2.22. The van der Waals surface area contributed by atoms with Crippen LogP contribution < -0.4 is 9.47 Å². The molecule has 0 aromatic heterocycles. The third kappa shape index (κ3) is 3.46. The van der Waals surface area contributed by atoms with Gasteiger partial charge < -0.3 is 9.47 Å². The van der Waals surface area contributed by atoms with Crippen molar-refractivity contribution in [1.82, 2.24) is 0 Å². The highest BCUT2D eigenvalue weighted by Crippen LogP contribution is 2.27. The first-order valence-corrected chi connectivity index (χ1v) is 5.32. The van der Waals surface area contributed by atoms with Gasteiger partial charge in [0.2, 0.25) is 0 Å². The van der Waals surface area contributed by atoms with Crippen molar-refractivity contribution in [3.63, 3.8) is 0 Å². The Kier molecular flexibility index (Phi) is 3.61. The Labute approximate surface area is 92.2 Å². The van der Waals surface area contributed by atoms with Gasteiger partial charge >= 0.3 is 0 Å². The molecule has 15 heavy (non-hydrogen) atoms. The number of benzene rings is 1. The molecule has 0 N–H and O–H groups in total. The molecule has 0 bridgehead atoms. The van der Waals surface area contributed by atoms with Crippen LogP contribution in [0, 0.1) is 0 Å². The van der Waals surface area contributed by atoms with Crippen molar-refractivity contribution in [3.8, 4) is 11.5 Å². The van der Waals surface area contributed by atoms with Crippen molar-refractivity contribution in [3.05, 3.63) is 23.8 Å². The molecule has 1 aromatic carbocycles. The Bertz CT molecular complexity index is 324. The van der Waals surface area contributed by atoms with Gasteiger partial charge in [0.15, 0.2) is 0 Å². The van der Waals surface area contributed by atoms with E-state index in [-0.39, 0.29) is 5.60 Å². The van der Waals surface area contributed by atoms with Gasteiger partial charge in [0.25, 0.3) is 0 Å². The molecule has 0 aliphatic heterocycles. The standard InChI is InChI=1S/C13H20O2/c1-6-10-7-8-11(9-12(10)14-5)15-13(2,3)4/h7-9H,6H2,1-5H3. The van der Waals surface area contributed by atoms with Crippen LogP contribution in [0.25, 0.3) is 0 Å². The summed E-state index contributed by atoms with van der Waals surface area (Å²) in [4.78, 5) is 0. The van der Waals surface area contributed by atoms with Crippen LogP contribution in [-0.2, 0) is 6.42 Å². The summed E-state index contributed by atoms with van der Waals surface area (Å²) in [7, 11) is 1.69. The van der Waals surface area contributed by atoms with Gasteiger partial charge in [-0.3, -0.25) is 0 Å². The van der Waals surface area contributed by atoms with E-state index in [0.717, 1.165) is 17.9 Å². The molecule has 1 aromatic rings. The van der Waals surface area contributed by atoms with Crippen molar-refractivity contribution in [2.45, 2.75) is 39.7 Å². The molecular weight excluding hydrogens is 188 g/mol. The first kappa shape index (κ1) is 11.9. The highest BCUT2D eigenvalue weighted by atomic mass is 16.5. The maximum absolute atomic E-state index is 5.76. The average Bonchev–Trinajstić information content (AvgIpc) is 2.15. The van der Waals surface area contributed by atoms with Gasteiger partial charge in [-0.2, -0.15) is 0 Å². The predicted octanol–water partition coefficient (Wildman–Crippen LogP) is 3.43. The molecule has 0 spiro atoms. The van der Waals surface area contributed by atoms with E-state index in [2.05, 4.69) is 13.0 Å². The Morgan fingerprint density at radius 2 is 1.87 bits per heavy atom. The molecule has 0 saturated heterocycles. The quantitative estimate of drug-likeness (QED) is 0.757. The minimum Gasteiger partial charge on any atom is -0.496 e. The summed E-state index contributed by atoms with van der Waals surface area (Å²) < 4.78 is 11.1. The van der Waals surface area contributed by atoms with E-state index in [9.17, 15) is 0 Å². The van der Waals surface area contributed by atoms with Gasteiger partial charge in [-0.1, -0.05) is 13.0 Å². The smallest absolute Gasteiger partial charge is 0.125 e. The fourth-order valence-corrected chi connectivity index (χ4v) is 1.43. The van der Waals surface area contributed by atoms with Gasteiger partial charge in [0, 0.05) is 6.07 Å². The minimum atomic E-state index is -0.168. The van der Waals surface area contributed by atoms with Crippen LogP contribution in [0.4, 0.5) is 0 Å². The normalized spacial score (nSPS) is 11.3. The summed E-state index contributed by atoms with van der Waals surface area (Å²) in [5, 5.41) is 0. The van der Waals surface area contributed by atoms with Crippen molar-refractivity contribution < 1.29 is 9.47 Å². The number of hydrogen-bond acceptors (Lipinski definition) is 2. The molecule has 0 unspecified atom stereocenters. The van der Waals surface area contributed by atoms with E-state index in [1.807, 2.05) is 32.9 Å². The molecule has 0 saturated carbocycles. The number of hydrogen-bond donors (Lipinski definition) is 0. The van der Waals surface area contributed by atoms with E-state index >= 15 is 0 Å². The second-order valence-electron chi connectivity index (χ2n) is 4.54. The van der Waals surface area contributed by atoms with Crippen LogP contribution >= 0.6 is 0 Å². The topological polar surface area (TPSA) is 18.5 Å². The minimum absolute atomic E-state index is 0.168. The lowest BCUT2D eigenvalue weighted by atomic mass is 10.1. The van der Waals surface area contributed by atoms with Crippen molar-refractivity contribution >= 4 is 0 Å². The molecule has 0 aliphatic carbocycles. The van der Waals surface area contributed by atoms with Gasteiger partial charge in [0.1, 0.15) is 17.1 Å². The van der Waals surface area contributed by atoms with Crippen molar-refractivity contribution in [1.29, 1.82) is 0 Å². The van der Waals surface area contributed by atoms with E-state index < -0.39 is 0 Å². The zero-order valence-electron chi connectivity index (χ0n) is 10.3. The largest absolute Gasteiger partial charge is 0.496 e. The van der Waals surface area contributed by atoms with E-state index in [0.29, 0.717) is 0 Å². The predicted molar refractivity (Wildman–Crippen MR) is 62.8 cm³/mol. The summed E-state index contributed by atoms with van der Waals surface area (Å²) in [6.07, 6.45) is 0.971. The maximum atomic E-state index is 5.76. The lowest BCUT2D eigenvalue weighted by molar-refractivity contribution is 0.130. The van der Waals surface area contributed by atoms with Crippen LogP contribution in [0.15, 0.2) is 18.2 Å². The van der Waals surface area contributed by atoms with Crippen molar-refractivity contribution in [2.75, 3.05) is 7.11 Å². The number of aryl methyl sites for hydroxylation is 1. The monoisotopic (exact) mass is 208 g/mol. The van der Waals surface area contributed by atoms with Gasteiger partial charge in [-0.25, -0.2) is 0 Å². The molecule has 0 radical (unpaired) electrons. The summed E-state index contributed by atoms with van der Waals surface area (Å²) in [6.45, 7) is 8.22. The summed E-state index contributed by atoms with van der Waals surface area (Å²) in [6, 6.07) is 6.00. The molecule has 2 nitrogen and oxygen atoms in total. The third-order valence-corrected chi connectivity index (χ3v) is 2.06. The van der Waals surface area contributed by atoms with Crippen LogP contribution in [-0.4, -0.2) is 12.7 Å². The van der Waals surface area contributed by atoms with Gasteiger partial charge in [-0.15, -0.1) is 0 Å². The van der Waals surface area contributed by atoms with E-state index in [1.165, 1.54) is 5.56 Å². The molecule has 0 aliphatic rings. The summed E-state index contributed by atoms with van der Waals surface area (Å²) in [5.74, 6) is 1.76. The SMILES string of the molecule is CCc1ccc(OC(C)(C)C)cc1OC. The molecular formula is C13H20O2. The fourth-order valence-electron chi connectivity index (χ4n) is 1.43. The Morgan fingerprint density at radius 1 is 1.20 bits per heavy atom. The molecule has 2 heteroatoms. The van der Waals surface area contributed by atoms with Crippen LogP contribution in [0.2, 0.25) is 0 Å². The summed E-state index contributed by atoms with van der Waals surface area (Å²) in [5.41, 5.74) is 1.04. The number of ether oxygens (including phenoxy) is 2. The van der Waals surface area contributed by atoms with Crippen LogP contribution in [0.3, 0.4) is 0 Å². The third-order valence-electron chi connectivity index (χ3n) is 2.06. The maximum Gasteiger partial charge on any atom is 0.125 e. The zero-order chi connectivity index (χ0) is 11.5. The highest BCUT2D eigenvalue weighted by molar-refractivity contribution is 5.40. The highest BCUT2D eigenvalue weighted by Gasteiger charge is 2.12. The molecule has 0 amide bonds. The Morgan fingerprint density at radius 3 is 2.33 bits per heavy atom. The zero-order valence-corrected chi connectivity index (χ0v) is 10.3. The average molecular weight is 208 g/mol. The van der Waals surface area contributed by atoms with Gasteiger partial charge in [-0.05, 0) is 38.8 Å². The second kappa shape index (κ2) is 4.56. The molecule has 1 rings (SSSR count). The number of rotatable bonds is 3. The van der Waals surface area contributed by atoms with E-state index in [1.54, 1.807) is 7.11 Å². The first-order chi connectivity index (χ1) is 6.96. The molecule has 0 heterocycles. The molecule has 0 fully saturated rings. The van der Waals surface area contributed by atoms with Gasteiger partial charge in [0.05, 0.1) is 7.11 Å². The fraction of sp³-hybridized carbons (Fsp3) is 0.538. The second-order valence-corrected chi connectivity index (χ2v) is 4.54. The lowest BCUT2D eigenvalue weighted by Gasteiger charge is -2.22. The Balaban J connectivity index is 2.93. The van der Waals surface area contributed by atoms with Crippen molar-refractivity contribution in [2.24, 2.45) is 0 Å². The molecule has 0 atom stereocenters. The van der Waals surface area contributed by atoms with Crippen LogP contribution in [0.1, 0.15) is 33.3 Å². The first-order valence-electron chi connectivity index (χ1n) is 5.32. The Hall–Kier alpha value is -1.18. The number of methoxy groups -OCH3 is 1. The van der Waals surface area contributed by atoms with E-state index in [4.69, 9.17) is 9.47 Å². The summed E-state index contributed by atoms with van der Waals surface area (Å²) >= 11 is 0.